The second kappa shape index (κ2) is 5.24. The lowest BCUT2D eigenvalue weighted by molar-refractivity contribution is 0.192. The van der Waals surface area contributed by atoms with Crippen LogP contribution in [0.1, 0.15) is 25.7 Å². The summed E-state index contributed by atoms with van der Waals surface area (Å²) in [6.45, 7) is 1.83. The Morgan fingerprint density at radius 2 is 1.65 bits per heavy atom. The molecule has 2 fully saturated rings. The first-order valence-corrected chi connectivity index (χ1v) is 6.91. The molecule has 2 heterocycles. The molecule has 2 saturated heterocycles. The van der Waals surface area contributed by atoms with Crippen molar-refractivity contribution in [3.05, 3.63) is 29.3 Å². The van der Waals surface area contributed by atoms with Crippen LogP contribution in [0.2, 0.25) is 0 Å². The Kier molecular flexibility index (Phi) is 3.58. The summed E-state index contributed by atoms with van der Waals surface area (Å²) in [7, 11) is 0. The first-order chi connectivity index (χ1) is 9.58. The molecule has 1 N–H and O–H groups in total. The third-order valence-corrected chi connectivity index (χ3v) is 4.30. The number of fused-ring (bicyclic) bond motifs is 1. The van der Waals surface area contributed by atoms with E-state index in [1.807, 2.05) is 0 Å². The molecule has 0 amide bonds. The third-order valence-electron chi connectivity index (χ3n) is 4.30. The molecule has 3 rings (SSSR count). The standard InChI is InChI=1S/C14H16F4N2/c15-8-7-9(16)13(18)14(12(8)17)19-10-4-6-20-5-2-1-3-11(10)20/h7,10-11,19H,1-6H2. The van der Waals surface area contributed by atoms with Crippen LogP contribution in [0, 0.1) is 23.3 Å². The lowest BCUT2D eigenvalue weighted by Gasteiger charge is -2.33. The number of piperidine rings is 1. The van der Waals surface area contributed by atoms with E-state index in [0.717, 1.165) is 38.8 Å². The monoisotopic (exact) mass is 288 g/mol. The van der Waals surface area contributed by atoms with Crippen molar-refractivity contribution < 1.29 is 17.6 Å². The quantitative estimate of drug-likeness (QED) is 0.663. The summed E-state index contributed by atoms with van der Waals surface area (Å²) in [6, 6.07) is 0.256. The van der Waals surface area contributed by atoms with E-state index in [1.54, 1.807) is 0 Å². The smallest absolute Gasteiger partial charge is 0.185 e. The molecule has 1 aromatic carbocycles. The average molecular weight is 288 g/mol. The number of benzene rings is 1. The molecule has 0 spiro atoms. The maximum atomic E-state index is 13.7. The van der Waals surface area contributed by atoms with Crippen LogP contribution in [0.15, 0.2) is 6.07 Å². The Bertz CT molecular complexity index is 494. The third kappa shape index (κ3) is 2.26. The molecule has 2 unspecified atom stereocenters. The molecule has 2 aliphatic heterocycles. The SMILES string of the molecule is Fc1cc(F)c(F)c(NC2CCN3CCCCC23)c1F. The number of anilines is 1. The summed E-state index contributed by atoms with van der Waals surface area (Å²) >= 11 is 0. The Labute approximate surface area is 114 Å². The van der Waals surface area contributed by atoms with Crippen LogP contribution in [0.25, 0.3) is 0 Å². The van der Waals surface area contributed by atoms with Crippen molar-refractivity contribution in [2.24, 2.45) is 0 Å². The molecule has 2 nitrogen and oxygen atoms in total. The van der Waals surface area contributed by atoms with E-state index >= 15 is 0 Å². The van der Waals surface area contributed by atoms with Crippen LogP contribution < -0.4 is 5.32 Å². The Morgan fingerprint density at radius 1 is 0.950 bits per heavy atom. The van der Waals surface area contributed by atoms with Crippen molar-refractivity contribution in [1.29, 1.82) is 0 Å². The van der Waals surface area contributed by atoms with Gasteiger partial charge in [0.1, 0.15) is 5.69 Å². The van der Waals surface area contributed by atoms with Gasteiger partial charge in [0.05, 0.1) is 0 Å². The lowest BCUT2D eigenvalue weighted by Crippen LogP contribution is -2.42. The normalized spacial score (nSPS) is 26.6. The minimum Gasteiger partial charge on any atom is -0.376 e. The van der Waals surface area contributed by atoms with Gasteiger partial charge in [-0.2, -0.15) is 0 Å². The van der Waals surface area contributed by atoms with Crippen molar-refractivity contribution in [2.45, 2.75) is 37.8 Å². The zero-order chi connectivity index (χ0) is 14.3. The zero-order valence-corrected chi connectivity index (χ0v) is 10.9. The highest BCUT2D eigenvalue weighted by molar-refractivity contribution is 5.48. The predicted molar refractivity (Wildman–Crippen MR) is 67.5 cm³/mol. The molecule has 1 aromatic rings. The summed E-state index contributed by atoms with van der Waals surface area (Å²) in [4.78, 5) is 2.27. The summed E-state index contributed by atoms with van der Waals surface area (Å²) in [5.41, 5.74) is -0.681. The fraction of sp³-hybridized carbons (Fsp3) is 0.571. The van der Waals surface area contributed by atoms with Gasteiger partial charge in [-0.25, -0.2) is 17.6 Å². The molecule has 0 aromatic heterocycles. The van der Waals surface area contributed by atoms with Gasteiger partial charge in [0.15, 0.2) is 23.3 Å². The molecule has 6 heteroatoms. The number of hydrogen-bond donors (Lipinski definition) is 1. The van der Waals surface area contributed by atoms with E-state index in [9.17, 15) is 17.6 Å². The maximum Gasteiger partial charge on any atom is 0.185 e. The van der Waals surface area contributed by atoms with E-state index in [2.05, 4.69) is 10.2 Å². The summed E-state index contributed by atoms with van der Waals surface area (Å²) < 4.78 is 53.7. The van der Waals surface area contributed by atoms with Crippen LogP contribution >= 0.6 is 0 Å². The second-order valence-electron chi connectivity index (χ2n) is 5.48. The maximum absolute atomic E-state index is 13.7. The van der Waals surface area contributed by atoms with E-state index in [1.165, 1.54) is 0 Å². The van der Waals surface area contributed by atoms with Crippen molar-refractivity contribution >= 4 is 5.69 Å². The van der Waals surface area contributed by atoms with Crippen LogP contribution in [0.5, 0.6) is 0 Å². The fourth-order valence-corrected chi connectivity index (χ4v) is 3.30. The molecule has 2 atom stereocenters. The van der Waals surface area contributed by atoms with Crippen LogP contribution in [0.4, 0.5) is 23.2 Å². The average Bonchev–Trinajstić information content (AvgIpc) is 2.85. The Hall–Kier alpha value is -1.30. The van der Waals surface area contributed by atoms with E-state index < -0.39 is 29.0 Å². The first-order valence-electron chi connectivity index (χ1n) is 6.91. The highest BCUT2D eigenvalue weighted by Crippen LogP contribution is 2.32. The number of nitrogens with zero attached hydrogens (tertiary/aromatic N) is 1. The predicted octanol–water partition coefficient (Wildman–Crippen LogP) is 3.28. The largest absolute Gasteiger partial charge is 0.376 e. The van der Waals surface area contributed by atoms with Crippen LogP contribution in [-0.4, -0.2) is 30.1 Å². The summed E-state index contributed by atoms with van der Waals surface area (Å²) in [5.74, 6) is -5.44. The van der Waals surface area contributed by atoms with Crippen LogP contribution in [-0.2, 0) is 0 Å². The van der Waals surface area contributed by atoms with Gasteiger partial charge in [-0.1, -0.05) is 6.42 Å². The van der Waals surface area contributed by atoms with Crippen molar-refractivity contribution in [3.63, 3.8) is 0 Å². The number of hydrogen-bond acceptors (Lipinski definition) is 2. The van der Waals surface area contributed by atoms with Gasteiger partial charge >= 0.3 is 0 Å². The minimum absolute atomic E-state index is 0.166. The lowest BCUT2D eigenvalue weighted by atomic mass is 9.99. The van der Waals surface area contributed by atoms with Gasteiger partial charge in [-0.15, -0.1) is 0 Å². The highest BCUT2D eigenvalue weighted by Gasteiger charge is 2.36. The van der Waals surface area contributed by atoms with Crippen molar-refractivity contribution in [1.82, 2.24) is 4.90 Å². The van der Waals surface area contributed by atoms with Crippen LogP contribution in [0.3, 0.4) is 0 Å². The molecule has 2 aliphatic rings. The first kappa shape index (κ1) is 13.7. The topological polar surface area (TPSA) is 15.3 Å². The van der Waals surface area contributed by atoms with Gasteiger partial charge in [-0.05, 0) is 25.8 Å². The number of rotatable bonds is 2. The molecular formula is C14H16F4N2. The second-order valence-corrected chi connectivity index (χ2v) is 5.48. The van der Waals surface area contributed by atoms with Gasteiger partial charge in [0, 0.05) is 24.7 Å². The molecule has 0 aliphatic carbocycles. The van der Waals surface area contributed by atoms with E-state index in [0.29, 0.717) is 0 Å². The molecule has 0 saturated carbocycles. The zero-order valence-electron chi connectivity index (χ0n) is 10.9. The Balaban J connectivity index is 1.85. The number of halogens is 4. The molecule has 0 radical (unpaired) electrons. The van der Waals surface area contributed by atoms with Gasteiger partial charge < -0.3 is 5.32 Å². The summed E-state index contributed by atoms with van der Waals surface area (Å²) in [5, 5.41) is 2.69. The number of nitrogens with one attached hydrogen (secondary N) is 1. The molecule has 20 heavy (non-hydrogen) atoms. The van der Waals surface area contributed by atoms with Gasteiger partial charge in [0.2, 0.25) is 0 Å². The fourth-order valence-electron chi connectivity index (χ4n) is 3.30. The molecule has 0 bridgehead atoms. The van der Waals surface area contributed by atoms with Crippen molar-refractivity contribution in [3.8, 4) is 0 Å². The molecule has 110 valence electrons. The Morgan fingerprint density at radius 3 is 2.35 bits per heavy atom. The van der Waals surface area contributed by atoms with Crippen molar-refractivity contribution in [2.75, 3.05) is 18.4 Å². The van der Waals surface area contributed by atoms with E-state index in [-0.39, 0.29) is 18.2 Å². The van der Waals surface area contributed by atoms with Gasteiger partial charge in [-0.3, -0.25) is 4.90 Å². The summed E-state index contributed by atoms with van der Waals surface area (Å²) in [6.07, 6.45) is 3.86. The van der Waals surface area contributed by atoms with Gasteiger partial charge in [0.25, 0.3) is 0 Å². The molecular weight excluding hydrogens is 272 g/mol. The highest BCUT2D eigenvalue weighted by atomic mass is 19.2. The minimum atomic E-state index is -1.37. The van der Waals surface area contributed by atoms with E-state index in [4.69, 9.17) is 0 Å².